The molecule has 4 rings (SSSR count). The molecule has 0 unspecified atom stereocenters. The highest BCUT2D eigenvalue weighted by atomic mass is 35.5. The van der Waals surface area contributed by atoms with Gasteiger partial charge in [-0.1, -0.05) is 0 Å². The number of halogens is 1. The van der Waals surface area contributed by atoms with Gasteiger partial charge in [0.25, 0.3) is 0 Å². The van der Waals surface area contributed by atoms with E-state index in [9.17, 15) is 8.42 Å². The number of hydrogen-bond donors (Lipinski definition) is 1. The number of nitrogens with one attached hydrogen (secondary N) is 1. The average molecular weight is 375 g/mol. The number of rotatable bonds is 2. The Bertz CT molecular complexity index is 1080. The minimum atomic E-state index is -3.63. The first-order chi connectivity index (χ1) is 11.6. The van der Waals surface area contributed by atoms with Crippen LogP contribution in [0.1, 0.15) is 16.9 Å². The molecule has 1 N–H and O–H groups in total. The van der Waals surface area contributed by atoms with Gasteiger partial charge in [-0.25, -0.2) is 8.42 Å². The predicted molar refractivity (Wildman–Crippen MR) is 95.5 cm³/mol. The van der Waals surface area contributed by atoms with Gasteiger partial charge in [0.05, 0.1) is 21.4 Å². The van der Waals surface area contributed by atoms with Gasteiger partial charge in [0.1, 0.15) is 11.3 Å². The Morgan fingerprint density at radius 1 is 1.08 bits per heavy atom. The van der Waals surface area contributed by atoms with Crippen molar-refractivity contribution in [2.75, 3.05) is 6.54 Å². The molecule has 1 aromatic heterocycles. The molecule has 0 saturated heterocycles. The van der Waals surface area contributed by atoms with Crippen LogP contribution in [0.2, 0.25) is 0 Å². The molecule has 0 atom stereocenters. The van der Waals surface area contributed by atoms with E-state index in [1.807, 2.05) is 6.07 Å². The van der Waals surface area contributed by atoms with Gasteiger partial charge < -0.3 is 9.73 Å². The molecule has 128 valence electrons. The smallest absolute Gasteiger partial charge is 0.206 e. The Labute approximate surface area is 151 Å². The van der Waals surface area contributed by atoms with Crippen LogP contribution >= 0.6 is 12.4 Å². The molecule has 5 nitrogen and oxygen atoms in total. The molecular weight excluding hydrogens is 360 g/mol. The first-order valence-electron chi connectivity index (χ1n) is 7.60. The number of benzene rings is 2. The summed E-state index contributed by atoms with van der Waals surface area (Å²) in [6.07, 6.45) is 0.807. The highest BCUT2D eigenvalue weighted by molar-refractivity contribution is 7.91. The molecule has 7 heteroatoms. The zero-order valence-corrected chi connectivity index (χ0v) is 14.8. The summed E-state index contributed by atoms with van der Waals surface area (Å²) in [6, 6.07) is 12.9. The van der Waals surface area contributed by atoms with Crippen molar-refractivity contribution in [2.24, 2.45) is 0 Å². The summed E-state index contributed by atoms with van der Waals surface area (Å²) in [5, 5.41) is 13.0. The zero-order valence-electron chi connectivity index (χ0n) is 13.2. The van der Waals surface area contributed by atoms with E-state index < -0.39 is 9.84 Å². The molecule has 0 amide bonds. The van der Waals surface area contributed by atoms with Crippen molar-refractivity contribution >= 4 is 33.2 Å². The number of hydrogen-bond acceptors (Lipinski definition) is 5. The van der Waals surface area contributed by atoms with Crippen LogP contribution in [0.4, 0.5) is 0 Å². The van der Waals surface area contributed by atoms with Crippen molar-refractivity contribution in [3.8, 4) is 6.07 Å². The number of furan rings is 1. The quantitative estimate of drug-likeness (QED) is 0.744. The SMILES string of the molecule is Cl.N#Cc1ccc(S(=O)(=O)c2ccc3oc4c(c3c2)CNCC4)cc1. The van der Waals surface area contributed by atoms with Crippen molar-refractivity contribution in [3.05, 3.63) is 59.4 Å². The van der Waals surface area contributed by atoms with Crippen LogP contribution in [0.3, 0.4) is 0 Å². The standard InChI is InChI=1S/C18H14N2O3S.ClH/c19-10-12-1-3-13(4-2-12)24(21,22)14-5-6-17-15(9-14)16-11-20-8-7-18(16)23-17;/h1-6,9,20H,7-8,11H2;1H. The second-order valence-electron chi connectivity index (χ2n) is 5.73. The first-order valence-corrected chi connectivity index (χ1v) is 9.08. The van der Waals surface area contributed by atoms with Gasteiger partial charge in [0, 0.05) is 30.5 Å². The zero-order chi connectivity index (χ0) is 16.7. The maximum absolute atomic E-state index is 12.8. The van der Waals surface area contributed by atoms with Gasteiger partial charge in [-0.2, -0.15) is 5.26 Å². The topological polar surface area (TPSA) is 83.1 Å². The lowest BCUT2D eigenvalue weighted by Gasteiger charge is -2.11. The number of nitriles is 1. The molecular formula is C18H15ClN2O3S. The molecule has 3 aromatic rings. The number of nitrogens with zero attached hydrogens (tertiary/aromatic N) is 1. The molecule has 0 spiro atoms. The fraction of sp³-hybridized carbons (Fsp3) is 0.167. The third-order valence-electron chi connectivity index (χ3n) is 4.28. The largest absolute Gasteiger partial charge is 0.461 e. The first kappa shape index (κ1) is 17.5. The van der Waals surface area contributed by atoms with Gasteiger partial charge >= 0.3 is 0 Å². The van der Waals surface area contributed by atoms with Crippen molar-refractivity contribution in [1.29, 1.82) is 5.26 Å². The fourth-order valence-corrected chi connectivity index (χ4v) is 4.29. The lowest BCUT2D eigenvalue weighted by atomic mass is 10.1. The Balaban J connectivity index is 0.00000182. The van der Waals surface area contributed by atoms with E-state index in [1.54, 1.807) is 18.2 Å². The van der Waals surface area contributed by atoms with Crippen molar-refractivity contribution in [2.45, 2.75) is 22.8 Å². The summed E-state index contributed by atoms with van der Waals surface area (Å²) < 4.78 is 31.5. The Morgan fingerprint density at radius 2 is 1.80 bits per heavy atom. The van der Waals surface area contributed by atoms with Gasteiger partial charge in [-0.15, -0.1) is 12.4 Å². The van der Waals surface area contributed by atoms with E-state index in [-0.39, 0.29) is 22.2 Å². The summed E-state index contributed by atoms with van der Waals surface area (Å²) in [5.41, 5.74) is 2.18. The van der Waals surface area contributed by atoms with Crippen LogP contribution in [0.5, 0.6) is 0 Å². The van der Waals surface area contributed by atoms with Crippen LogP contribution in [-0.2, 0) is 22.8 Å². The maximum atomic E-state index is 12.8. The molecule has 25 heavy (non-hydrogen) atoms. The maximum Gasteiger partial charge on any atom is 0.206 e. The van der Waals surface area contributed by atoms with Crippen LogP contribution in [0.15, 0.2) is 56.7 Å². The van der Waals surface area contributed by atoms with E-state index in [2.05, 4.69) is 5.32 Å². The van der Waals surface area contributed by atoms with E-state index in [0.717, 1.165) is 29.7 Å². The average Bonchev–Trinajstić information content (AvgIpc) is 2.99. The van der Waals surface area contributed by atoms with E-state index >= 15 is 0 Å². The summed E-state index contributed by atoms with van der Waals surface area (Å²) in [7, 11) is -3.63. The lowest BCUT2D eigenvalue weighted by Crippen LogP contribution is -2.22. The molecule has 0 saturated carbocycles. The fourth-order valence-electron chi connectivity index (χ4n) is 3.00. The van der Waals surface area contributed by atoms with Crippen molar-refractivity contribution < 1.29 is 12.8 Å². The summed E-state index contributed by atoms with van der Waals surface area (Å²) in [6.45, 7) is 1.55. The van der Waals surface area contributed by atoms with Gasteiger partial charge in [-0.05, 0) is 42.5 Å². The van der Waals surface area contributed by atoms with Gasteiger partial charge in [0.15, 0.2) is 0 Å². The highest BCUT2D eigenvalue weighted by Crippen LogP contribution is 2.31. The normalized spacial score (nSPS) is 13.7. The number of fused-ring (bicyclic) bond motifs is 3. The molecule has 2 heterocycles. The summed E-state index contributed by atoms with van der Waals surface area (Å²) in [4.78, 5) is 0.408. The van der Waals surface area contributed by atoms with E-state index in [4.69, 9.17) is 9.68 Å². The Kier molecular flexibility index (Phi) is 4.56. The third kappa shape index (κ3) is 2.91. The minimum Gasteiger partial charge on any atom is -0.461 e. The summed E-state index contributed by atoms with van der Waals surface area (Å²) in [5.74, 6) is 0.927. The van der Waals surface area contributed by atoms with Crippen LogP contribution in [-0.4, -0.2) is 15.0 Å². The predicted octanol–water partition coefficient (Wildman–Crippen LogP) is 3.20. The van der Waals surface area contributed by atoms with Crippen LogP contribution < -0.4 is 5.32 Å². The van der Waals surface area contributed by atoms with Gasteiger partial charge in [-0.3, -0.25) is 0 Å². The lowest BCUT2D eigenvalue weighted by molar-refractivity contribution is 0.500. The van der Waals surface area contributed by atoms with Crippen molar-refractivity contribution in [1.82, 2.24) is 5.32 Å². The monoisotopic (exact) mass is 374 g/mol. The Morgan fingerprint density at radius 3 is 2.52 bits per heavy atom. The van der Waals surface area contributed by atoms with Gasteiger partial charge in [0.2, 0.25) is 9.84 Å². The molecule has 0 aliphatic carbocycles. The Hall–Kier alpha value is -2.33. The van der Waals surface area contributed by atoms with Crippen LogP contribution in [0, 0.1) is 11.3 Å². The molecule has 1 aliphatic rings. The molecule has 1 aliphatic heterocycles. The second-order valence-corrected chi connectivity index (χ2v) is 7.68. The van der Waals surface area contributed by atoms with E-state index in [0.29, 0.717) is 17.7 Å². The van der Waals surface area contributed by atoms with Crippen LogP contribution in [0.25, 0.3) is 11.0 Å². The highest BCUT2D eigenvalue weighted by Gasteiger charge is 2.22. The number of sulfone groups is 1. The van der Waals surface area contributed by atoms with Crippen molar-refractivity contribution in [3.63, 3.8) is 0 Å². The minimum absolute atomic E-state index is 0. The molecule has 0 fully saturated rings. The molecule has 2 aromatic carbocycles. The summed E-state index contributed by atoms with van der Waals surface area (Å²) >= 11 is 0. The second kappa shape index (κ2) is 6.52. The molecule has 0 radical (unpaired) electrons. The third-order valence-corrected chi connectivity index (χ3v) is 6.05. The molecule has 0 bridgehead atoms. The van der Waals surface area contributed by atoms with E-state index in [1.165, 1.54) is 24.3 Å².